The van der Waals surface area contributed by atoms with E-state index in [9.17, 15) is 10.2 Å². The van der Waals surface area contributed by atoms with Gasteiger partial charge in [0.1, 0.15) is 12.2 Å². The van der Waals surface area contributed by atoms with E-state index in [1.807, 2.05) is 0 Å². The van der Waals surface area contributed by atoms with Crippen LogP contribution in [-0.2, 0) is 4.74 Å². The summed E-state index contributed by atoms with van der Waals surface area (Å²) in [5, 5.41) is 27.6. The van der Waals surface area contributed by atoms with Crippen molar-refractivity contribution in [3.05, 3.63) is 0 Å². The highest BCUT2D eigenvalue weighted by molar-refractivity contribution is 9.09. The molecular formula is C6H11BrO4. The minimum Gasteiger partial charge on any atom is -0.394 e. The Labute approximate surface area is 74.3 Å². The van der Waals surface area contributed by atoms with Crippen LogP contribution in [0.3, 0.4) is 0 Å². The molecule has 0 spiro atoms. The van der Waals surface area contributed by atoms with Crippen molar-refractivity contribution in [3.63, 3.8) is 0 Å². The van der Waals surface area contributed by atoms with Crippen molar-refractivity contribution in [1.29, 1.82) is 0 Å². The molecule has 0 radical (unpaired) electrons. The molecule has 0 amide bonds. The Morgan fingerprint density at radius 1 is 1.82 bits per heavy atom. The van der Waals surface area contributed by atoms with Crippen molar-refractivity contribution >= 4 is 15.9 Å². The van der Waals surface area contributed by atoms with Crippen molar-refractivity contribution < 1.29 is 21.4 Å². The summed E-state index contributed by atoms with van der Waals surface area (Å²) >= 11 is 3.01. The fraction of sp³-hybridized carbons (Fsp3) is 1.00. The van der Waals surface area contributed by atoms with E-state index in [0.29, 0.717) is 0 Å². The van der Waals surface area contributed by atoms with Crippen molar-refractivity contribution in [3.8, 4) is 0 Å². The first kappa shape index (κ1) is 7.94. The van der Waals surface area contributed by atoms with Crippen molar-refractivity contribution in [2.75, 3.05) is 6.61 Å². The summed E-state index contributed by atoms with van der Waals surface area (Å²) in [6.07, 6.45) is -1.80. The van der Waals surface area contributed by atoms with Crippen LogP contribution in [0.4, 0.5) is 0 Å². The Morgan fingerprint density at radius 2 is 2.45 bits per heavy atom. The van der Waals surface area contributed by atoms with Crippen molar-refractivity contribution in [1.82, 2.24) is 0 Å². The Hall–Kier alpha value is 0.320. The van der Waals surface area contributed by atoms with Gasteiger partial charge in [0.15, 0.2) is 5.79 Å². The molecule has 4 atom stereocenters. The maximum Gasteiger partial charge on any atom is 0.178 e. The first-order valence-electron chi connectivity index (χ1n) is 3.88. The van der Waals surface area contributed by atoms with Gasteiger partial charge in [0.25, 0.3) is 0 Å². The third kappa shape index (κ3) is 1.57. The maximum atomic E-state index is 9.51. The van der Waals surface area contributed by atoms with E-state index in [2.05, 4.69) is 15.9 Å². The topological polar surface area (TPSA) is 69.9 Å². The summed E-state index contributed by atoms with van der Waals surface area (Å²) in [4.78, 5) is -0.723. The van der Waals surface area contributed by atoms with Gasteiger partial charge in [-0.1, -0.05) is 15.9 Å². The fourth-order valence-corrected chi connectivity index (χ4v) is 1.45. The lowest BCUT2D eigenvalue weighted by Crippen LogP contribution is -2.35. The molecule has 66 valence electrons. The van der Waals surface area contributed by atoms with E-state index >= 15 is 0 Å². The molecular weight excluding hydrogens is 216 g/mol. The summed E-state index contributed by atoms with van der Waals surface area (Å²) in [5.74, 6) is -1.69. The molecule has 11 heavy (non-hydrogen) atoms. The summed E-state index contributed by atoms with van der Waals surface area (Å²) in [5.41, 5.74) is 0. The lowest BCUT2D eigenvalue weighted by molar-refractivity contribution is -0.182. The van der Waals surface area contributed by atoms with Crippen LogP contribution in [0, 0.1) is 0 Å². The minimum atomic E-state index is -1.69. The van der Waals surface area contributed by atoms with Gasteiger partial charge in [-0.05, 0) is 6.90 Å². The largest absolute Gasteiger partial charge is 0.394 e. The highest BCUT2D eigenvalue weighted by atomic mass is 79.9. The van der Waals surface area contributed by atoms with Crippen LogP contribution in [-0.4, -0.2) is 44.7 Å². The van der Waals surface area contributed by atoms with Gasteiger partial charge in [0.05, 0.1) is 11.4 Å². The fourth-order valence-electron chi connectivity index (χ4n) is 0.997. The molecule has 1 saturated heterocycles. The number of aliphatic hydroxyl groups excluding tert-OH is 2. The second-order valence-corrected chi connectivity index (χ2v) is 3.56. The van der Waals surface area contributed by atoms with Gasteiger partial charge in [-0.25, -0.2) is 0 Å². The summed E-state index contributed by atoms with van der Waals surface area (Å²) in [7, 11) is 0. The molecule has 1 aliphatic heterocycles. The molecule has 4 nitrogen and oxygen atoms in total. The zero-order valence-corrected chi connectivity index (χ0v) is 7.36. The number of rotatable bonds is 1. The number of alkyl halides is 1. The average molecular weight is 228 g/mol. The molecule has 1 heterocycles. The molecule has 0 saturated carbocycles. The van der Waals surface area contributed by atoms with Gasteiger partial charge < -0.3 is 20.1 Å². The van der Waals surface area contributed by atoms with Crippen molar-refractivity contribution in [2.45, 2.75) is 29.7 Å². The normalized spacial score (nSPS) is 52.7. The molecule has 0 aliphatic carbocycles. The average Bonchev–Trinajstić information content (AvgIpc) is 2.31. The highest BCUT2D eigenvalue weighted by Gasteiger charge is 2.49. The smallest absolute Gasteiger partial charge is 0.178 e. The standard InChI is InChI=1S/C6H11BrO4/c1-6(10)5(7)4(9)3(2-8)11-6/h3-5,8-10H,2H2,1H3/t3-,4-,5+,6?/m1/s1/i1D. The number of halogens is 1. The van der Waals surface area contributed by atoms with E-state index in [4.69, 9.17) is 11.2 Å². The maximum absolute atomic E-state index is 9.51. The second kappa shape index (κ2) is 2.99. The van der Waals surface area contributed by atoms with E-state index in [1.165, 1.54) is 0 Å². The van der Waals surface area contributed by atoms with E-state index < -0.39 is 22.8 Å². The lowest BCUT2D eigenvalue weighted by Gasteiger charge is -2.19. The first-order chi connectivity index (χ1) is 5.55. The summed E-state index contributed by atoms with van der Waals surface area (Å²) in [6.45, 7) is -0.748. The molecule has 1 rings (SSSR count). The highest BCUT2D eigenvalue weighted by Crippen LogP contribution is 2.33. The number of ether oxygens (including phenoxy) is 1. The Bertz CT molecular complexity index is 170. The van der Waals surface area contributed by atoms with Crippen LogP contribution < -0.4 is 0 Å². The van der Waals surface area contributed by atoms with Gasteiger partial charge in [-0.15, -0.1) is 0 Å². The van der Waals surface area contributed by atoms with Gasteiger partial charge in [-0.3, -0.25) is 0 Å². The monoisotopic (exact) mass is 227 g/mol. The van der Waals surface area contributed by atoms with Crippen LogP contribution in [0.2, 0.25) is 0 Å². The predicted octanol–water partition coefficient (Wildman–Crippen LogP) is -0.790. The zero-order chi connectivity index (χ0) is 9.35. The molecule has 0 aromatic heterocycles. The Kier molecular flexibility index (Phi) is 2.16. The van der Waals surface area contributed by atoms with Crippen LogP contribution in [0.25, 0.3) is 0 Å². The van der Waals surface area contributed by atoms with E-state index in [-0.39, 0.29) is 13.5 Å². The number of hydrogen-bond acceptors (Lipinski definition) is 4. The van der Waals surface area contributed by atoms with E-state index in [0.717, 1.165) is 0 Å². The van der Waals surface area contributed by atoms with Crippen molar-refractivity contribution in [2.24, 2.45) is 0 Å². The SMILES string of the molecule is [2H]CC1(O)O[C@H](CO)[C@@H](O)[C@@H]1Br. The van der Waals surface area contributed by atoms with Crippen LogP contribution >= 0.6 is 15.9 Å². The number of hydrogen-bond donors (Lipinski definition) is 3. The lowest BCUT2D eigenvalue weighted by atomic mass is 10.1. The zero-order valence-electron chi connectivity index (χ0n) is 6.77. The summed E-state index contributed by atoms with van der Waals surface area (Å²) in [6, 6.07) is 0. The molecule has 5 heteroatoms. The molecule has 1 aliphatic rings. The van der Waals surface area contributed by atoms with Crippen LogP contribution in [0.5, 0.6) is 0 Å². The molecule has 0 aromatic carbocycles. The van der Waals surface area contributed by atoms with Gasteiger partial charge in [0, 0.05) is 1.37 Å². The molecule has 3 N–H and O–H groups in total. The third-order valence-electron chi connectivity index (χ3n) is 1.65. The van der Waals surface area contributed by atoms with Gasteiger partial charge in [0.2, 0.25) is 0 Å². The van der Waals surface area contributed by atoms with E-state index in [1.54, 1.807) is 0 Å². The van der Waals surface area contributed by atoms with Crippen LogP contribution in [0.15, 0.2) is 0 Å². The molecule has 0 aromatic rings. The van der Waals surface area contributed by atoms with Crippen LogP contribution in [0.1, 0.15) is 8.27 Å². The minimum absolute atomic E-state index is 0.369. The third-order valence-corrected chi connectivity index (χ3v) is 2.90. The molecule has 0 bridgehead atoms. The summed E-state index contributed by atoms with van der Waals surface area (Å²) < 4.78 is 11.9. The number of aliphatic hydroxyl groups is 3. The molecule has 1 fully saturated rings. The Morgan fingerprint density at radius 3 is 2.73 bits per heavy atom. The van der Waals surface area contributed by atoms with Gasteiger partial charge >= 0.3 is 0 Å². The quantitative estimate of drug-likeness (QED) is 0.514. The Balaban J connectivity index is 2.72. The second-order valence-electron chi connectivity index (χ2n) is 2.58. The van der Waals surface area contributed by atoms with Gasteiger partial charge in [-0.2, -0.15) is 0 Å². The first-order valence-corrected chi connectivity index (χ1v) is 4.09. The molecule has 1 unspecified atom stereocenters. The predicted molar refractivity (Wildman–Crippen MR) is 41.3 cm³/mol.